The average molecular weight is 286 g/mol. The molecule has 1 aromatic carbocycles. The zero-order valence-corrected chi connectivity index (χ0v) is 11.6. The van der Waals surface area contributed by atoms with E-state index in [1.165, 1.54) is 0 Å². The fourth-order valence-corrected chi connectivity index (χ4v) is 2.30. The predicted octanol–water partition coefficient (Wildman–Crippen LogP) is 1.46. The number of amides is 1. The number of hydrogen-bond acceptors (Lipinski definition) is 4. The lowest BCUT2D eigenvalue weighted by atomic mass is 10.1. The monoisotopic (exact) mass is 286 g/mol. The molecule has 102 valence electrons. The van der Waals surface area contributed by atoms with Crippen molar-refractivity contribution in [1.82, 2.24) is 10.3 Å². The number of rotatable bonds is 4. The van der Waals surface area contributed by atoms with E-state index < -0.39 is 0 Å². The molecule has 0 aliphatic heterocycles. The van der Waals surface area contributed by atoms with Gasteiger partial charge >= 0.3 is 0 Å². The normalized spacial score (nSPS) is 9.65. The summed E-state index contributed by atoms with van der Waals surface area (Å²) >= 11 is 1.57. The Morgan fingerprint density at radius 3 is 3.00 bits per heavy atom. The first-order chi connectivity index (χ1) is 9.81. The van der Waals surface area contributed by atoms with Crippen LogP contribution >= 0.6 is 11.3 Å². The molecule has 5 heteroatoms. The smallest absolute Gasteiger partial charge is 0.252 e. The van der Waals surface area contributed by atoms with Crippen molar-refractivity contribution in [2.24, 2.45) is 0 Å². The number of thiazole rings is 1. The van der Waals surface area contributed by atoms with Crippen molar-refractivity contribution in [3.05, 3.63) is 52.0 Å². The molecule has 2 rings (SSSR count). The first kappa shape index (κ1) is 14.3. The van der Waals surface area contributed by atoms with E-state index in [1.54, 1.807) is 35.7 Å². The van der Waals surface area contributed by atoms with Crippen molar-refractivity contribution in [3.63, 3.8) is 0 Å². The zero-order valence-electron chi connectivity index (χ0n) is 10.8. The number of hydrogen-bond donors (Lipinski definition) is 2. The van der Waals surface area contributed by atoms with Gasteiger partial charge in [0.05, 0.1) is 10.6 Å². The lowest BCUT2D eigenvalue weighted by Gasteiger charge is -2.06. The van der Waals surface area contributed by atoms with Crippen molar-refractivity contribution in [2.75, 3.05) is 13.2 Å². The van der Waals surface area contributed by atoms with Crippen LogP contribution < -0.4 is 5.32 Å². The fourth-order valence-electron chi connectivity index (χ4n) is 1.68. The minimum atomic E-state index is -0.222. The standard InChI is InChI=1S/C15H14N2O2S/c18-10-3-5-12-4-1-2-6-13(12)15(19)17-8-7-14-16-9-11-20-14/h1-2,4,6,9,11,18H,7-8,10H2,(H,17,19). The highest BCUT2D eigenvalue weighted by atomic mass is 32.1. The molecule has 0 spiro atoms. The van der Waals surface area contributed by atoms with E-state index in [0.29, 0.717) is 24.1 Å². The second kappa shape index (κ2) is 7.43. The molecule has 0 radical (unpaired) electrons. The number of aliphatic hydroxyl groups excluding tert-OH is 1. The van der Waals surface area contributed by atoms with E-state index in [1.807, 2.05) is 11.4 Å². The van der Waals surface area contributed by atoms with E-state index in [9.17, 15) is 4.79 Å². The molecule has 0 fully saturated rings. The molecule has 0 aliphatic rings. The summed E-state index contributed by atoms with van der Waals surface area (Å²) in [5.74, 6) is 5.17. The van der Waals surface area contributed by atoms with Gasteiger partial charge in [-0.2, -0.15) is 0 Å². The van der Waals surface area contributed by atoms with Crippen molar-refractivity contribution in [3.8, 4) is 11.8 Å². The Hall–Kier alpha value is -2.16. The number of nitrogens with zero attached hydrogens (tertiary/aromatic N) is 1. The van der Waals surface area contributed by atoms with Gasteiger partial charge in [0.1, 0.15) is 6.61 Å². The lowest BCUT2D eigenvalue weighted by Crippen LogP contribution is -2.26. The van der Waals surface area contributed by atoms with Crippen LogP contribution in [0.15, 0.2) is 35.8 Å². The fraction of sp³-hybridized carbons (Fsp3) is 0.200. The highest BCUT2D eigenvalue weighted by molar-refractivity contribution is 7.09. The first-order valence-corrected chi connectivity index (χ1v) is 7.04. The Morgan fingerprint density at radius 2 is 2.25 bits per heavy atom. The van der Waals surface area contributed by atoms with Gasteiger partial charge in [0.2, 0.25) is 0 Å². The maximum absolute atomic E-state index is 12.1. The van der Waals surface area contributed by atoms with Crippen LogP contribution in [0.5, 0.6) is 0 Å². The van der Waals surface area contributed by atoms with Crippen LogP contribution in [0.4, 0.5) is 0 Å². The number of aliphatic hydroxyl groups is 1. The molecule has 1 aromatic heterocycles. The zero-order chi connectivity index (χ0) is 14.2. The molecule has 0 aliphatic carbocycles. The summed E-state index contributed by atoms with van der Waals surface area (Å²) in [5.41, 5.74) is 1.14. The third kappa shape index (κ3) is 3.92. The van der Waals surface area contributed by atoms with E-state index in [2.05, 4.69) is 22.1 Å². The molecule has 2 aromatic rings. The van der Waals surface area contributed by atoms with Gasteiger partial charge in [0, 0.05) is 30.1 Å². The maximum atomic E-state index is 12.1. The summed E-state index contributed by atoms with van der Waals surface area (Å²) in [4.78, 5) is 16.3. The molecule has 0 saturated carbocycles. The Labute approximate surface area is 121 Å². The van der Waals surface area contributed by atoms with Crippen LogP contribution in [0, 0.1) is 11.8 Å². The van der Waals surface area contributed by atoms with E-state index in [4.69, 9.17) is 5.11 Å². The van der Waals surface area contributed by atoms with Gasteiger partial charge in [-0.25, -0.2) is 4.98 Å². The summed E-state index contributed by atoms with van der Waals surface area (Å²) in [6, 6.07) is 7.09. The highest BCUT2D eigenvalue weighted by Gasteiger charge is 2.09. The van der Waals surface area contributed by atoms with Crippen molar-refractivity contribution < 1.29 is 9.90 Å². The molecule has 2 N–H and O–H groups in total. The first-order valence-electron chi connectivity index (χ1n) is 6.16. The molecule has 20 heavy (non-hydrogen) atoms. The Kier molecular flexibility index (Phi) is 5.30. The van der Waals surface area contributed by atoms with Gasteiger partial charge in [-0.3, -0.25) is 4.79 Å². The molecule has 4 nitrogen and oxygen atoms in total. The van der Waals surface area contributed by atoms with Gasteiger partial charge in [-0.15, -0.1) is 11.3 Å². The molecule has 0 atom stereocenters. The summed E-state index contributed by atoms with van der Waals surface area (Å²) in [5, 5.41) is 14.5. The van der Waals surface area contributed by atoms with Crippen LogP contribution in [-0.2, 0) is 6.42 Å². The van der Waals surface area contributed by atoms with Crippen molar-refractivity contribution in [1.29, 1.82) is 0 Å². The minimum absolute atomic E-state index is 0.163. The van der Waals surface area contributed by atoms with Gasteiger partial charge in [-0.1, -0.05) is 24.0 Å². The summed E-state index contributed by atoms with van der Waals surface area (Å²) < 4.78 is 0. The number of carbonyl (C=O) groups is 1. The maximum Gasteiger partial charge on any atom is 0.252 e. The SMILES string of the molecule is O=C(NCCc1nccs1)c1ccccc1C#CCO. The van der Waals surface area contributed by atoms with Crippen LogP contribution in [0.2, 0.25) is 0 Å². The second-order valence-corrected chi connectivity index (χ2v) is 4.92. The third-order valence-electron chi connectivity index (χ3n) is 2.58. The van der Waals surface area contributed by atoms with Gasteiger partial charge in [0.15, 0.2) is 0 Å². The van der Waals surface area contributed by atoms with Crippen molar-refractivity contribution >= 4 is 17.2 Å². The molecular weight excluding hydrogens is 272 g/mol. The minimum Gasteiger partial charge on any atom is -0.384 e. The Morgan fingerprint density at radius 1 is 1.40 bits per heavy atom. The van der Waals surface area contributed by atoms with Crippen LogP contribution in [0.3, 0.4) is 0 Å². The summed E-state index contributed by atoms with van der Waals surface area (Å²) in [6.07, 6.45) is 2.47. The van der Waals surface area contributed by atoms with Gasteiger partial charge in [-0.05, 0) is 12.1 Å². The summed E-state index contributed by atoms with van der Waals surface area (Å²) in [7, 11) is 0. The van der Waals surface area contributed by atoms with Crippen LogP contribution in [0.25, 0.3) is 0 Å². The number of aromatic nitrogens is 1. The second-order valence-electron chi connectivity index (χ2n) is 3.94. The molecule has 1 heterocycles. The Balaban J connectivity index is 1.98. The topological polar surface area (TPSA) is 62.2 Å². The quantitative estimate of drug-likeness (QED) is 0.837. The number of nitrogens with one attached hydrogen (secondary N) is 1. The molecule has 0 unspecified atom stereocenters. The van der Waals surface area contributed by atoms with Gasteiger partial charge in [0.25, 0.3) is 5.91 Å². The highest BCUT2D eigenvalue weighted by Crippen LogP contribution is 2.08. The number of carbonyl (C=O) groups excluding carboxylic acids is 1. The molecule has 0 bridgehead atoms. The average Bonchev–Trinajstić information content (AvgIpc) is 2.98. The Bertz CT molecular complexity index is 627. The van der Waals surface area contributed by atoms with E-state index in [-0.39, 0.29) is 12.5 Å². The van der Waals surface area contributed by atoms with Crippen molar-refractivity contribution in [2.45, 2.75) is 6.42 Å². The van der Waals surface area contributed by atoms with Gasteiger partial charge < -0.3 is 10.4 Å². The van der Waals surface area contributed by atoms with E-state index in [0.717, 1.165) is 5.01 Å². The van der Waals surface area contributed by atoms with Crippen LogP contribution in [0.1, 0.15) is 20.9 Å². The summed E-state index contributed by atoms with van der Waals surface area (Å²) in [6.45, 7) is 0.314. The molecule has 1 amide bonds. The van der Waals surface area contributed by atoms with Crippen LogP contribution in [-0.4, -0.2) is 29.1 Å². The predicted molar refractivity (Wildman–Crippen MR) is 78.6 cm³/mol. The largest absolute Gasteiger partial charge is 0.384 e. The lowest BCUT2D eigenvalue weighted by molar-refractivity contribution is 0.0954. The molecular formula is C15H14N2O2S. The third-order valence-corrected chi connectivity index (χ3v) is 3.42. The number of benzene rings is 1. The van der Waals surface area contributed by atoms with E-state index >= 15 is 0 Å². The molecule has 0 saturated heterocycles.